The van der Waals surface area contributed by atoms with Gasteiger partial charge in [0.2, 0.25) is 0 Å². The molecule has 524 valence electrons. The molecule has 0 amide bonds. The van der Waals surface area contributed by atoms with Crippen LogP contribution in [0, 0.1) is 111 Å². The standard InChI is InChI=1S/C26H36S3.C22H30S2.C20H30S2.C18H24S3/c1-13-14(2)20(22-16(4)18(6)24(29-22)26(10,11)12)27-19(13)21-15(3)17(5)23(28-21)25(7,8)9;1-11-15-13(3)19(21(5,6)7)24-18(15)12(2)16-14(4)20(22(8,9)10)23-17(11)16;1-11-13(3)17(19(5,6)7)21-15(11)16-12(2)14(4)18(22-16)20(8,9)10;1-9-11-13(20-15(9)17(3,4)5)14-12(19-11)10(2)16(21-14)18(6,7)8/h1-12H3;1-10H3;1-10H3;1-8H3. The summed E-state index contributed by atoms with van der Waals surface area (Å²) in [6.45, 7) is 92.8. The van der Waals surface area contributed by atoms with E-state index < -0.39 is 0 Å². The molecule has 0 saturated heterocycles. The molecular formula is C86H120S10. The van der Waals surface area contributed by atoms with Crippen molar-refractivity contribution < 1.29 is 0 Å². The van der Waals surface area contributed by atoms with Crippen LogP contribution in [0.1, 0.15) is 294 Å². The lowest BCUT2D eigenvalue weighted by atomic mass is 9.88. The first-order valence-corrected chi connectivity index (χ1v) is 43.0. The van der Waals surface area contributed by atoms with Crippen molar-refractivity contribution in [2.24, 2.45) is 0 Å². The van der Waals surface area contributed by atoms with Crippen LogP contribution in [0.25, 0.3) is 68.2 Å². The predicted octanol–water partition coefficient (Wildman–Crippen LogP) is 32.3. The van der Waals surface area contributed by atoms with E-state index in [-0.39, 0.29) is 43.3 Å². The van der Waals surface area contributed by atoms with Crippen molar-refractivity contribution in [2.75, 3.05) is 0 Å². The topological polar surface area (TPSA) is 0 Å². The minimum atomic E-state index is 0.198. The van der Waals surface area contributed by atoms with Crippen molar-refractivity contribution in [3.63, 3.8) is 0 Å². The van der Waals surface area contributed by atoms with Crippen molar-refractivity contribution in [3.05, 3.63) is 128 Å². The molecule has 0 nitrogen and oxygen atoms in total. The minimum Gasteiger partial charge on any atom is -0.139 e. The number of aryl methyl sites for hydroxylation is 6. The average molecular weight is 1470 g/mol. The van der Waals surface area contributed by atoms with Gasteiger partial charge in [-0.1, -0.05) is 166 Å². The van der Waals surface area contributed by atoms with Gasteiger partial charge in [0.25, 0.3) is 0 Å². The number of hydrogen-bond donors (Lipinski definition) is 0. The Morgan fingerprint density at radius 1 is 0.135 bits per heavy atom. The molecule has 0 aliphatic carbocycles. The van der Waals surface area contributed by atoms with Crippen molar-refractivity contribution >= 4 is 152 Å². The lowest BCUT2D eigenvalue weighted by Gasteiger charge is -2.17. The summed E-state index contributed by atoms with van der Waals surface area (Å²) in [6, 6.07) is 0. The molecule has 0 saturated carbocycles. The number of thiophene rings is 10. The van der Waals surface area contributed by atoms with Gasteiger partial charge in [-0.05, 0) is 243 Å². The zero-order chi connectivity index (χ0) is 73.0. The zero-order valence-electron chi connectivity index (χ0n) is 67.1. The van der Waals surface area contributed by atoms with Crippen LogP contribution in [0.4, 0.5) is 0 Å². The SMILES string of the molecule is Cc1c(-c2sc(C(C)(C)C)c(C)c2C)sc(-c2sc(C(C)(C)C)c(C)c2C)c1C.Cc1c(-c2sc(C(C)(C)C)c(C)c2C)sc(C(C)(C)C)c1C.Cc1c(C(C)(C)C)sc2c(C)c3c(C)c(C(C)(C)C)sc3c(C)c12.Cc1c(C(C)(C)C)sc2c1sc1c(C)c(C(C)(C)C)sc12. The first-order valence-electron chi connectivity index (χ1n) is 34.8. The van der Waals surface area contributed by atoms with Gasteiger partial charge >= 0.3 is 0 Å². The van der Waals surface area contributed by atoms with E-state index in [1.54, 1.807) is 9.75 Å². The summed E-state index contributed by atoms with van der Waals surface area (Å²) >= 11 is 20.1. The van der Waals surface area contributed by atoms with E-state index in [1.807, 2.05) is 113 Å². The minimum absolute atomic E-state index is 0.198. The van der Waals surface area contributed by atoms with Crippen molar-refractivity contribution in [3.8, 4) is 29.3 Å². The van der Waals surface area contributed by atoms with Crippen LogP contribution >= 0.6 is 113 Å². The number of hydrogen-bond acceptors (Lipinski definition) is 10. The van der Waals surface area contributed by atoms with Crippen LogP contribution in [0.2, 0.25) is 0 Å². The van der Waals surface area contributed by atoms with Crippen LogP contribution in [0.15, 0.2) is 0 Å². The lowest BCUT2D eigenvalue weighted by molar-refractivity contribution is 0.599. The van der Waals surface area contributed by atoms with Crippen molar-refractivity contribution in [1.82, 2.24) is 0 Å². The maximum atomic E-state index is 2.33. The van der Waals surface area contributed by atoms with E-state index in [1.165, 1.54) is 187 Å². The zero-order valence-corrected chi connectivity index (χ0v) is 75.2. The predicted molar refractivity (Wildman–Crippen MR) is 456 cm³/mol. The van der Waals surface area contributed by atoms with E-state index in [9.17, 15) is 0 Å². The Morgan fingerprint density at radius 2 is 0.302 bits per heavy atom. The first kappa shape index (κ1) is 79.0. The quantitative estimate of drug-likeness (QED) is 0.165. The molecular weight excluding hydrogens is 1350 g/mol. The summed E-state index contributed by atoms with van der Waals surface area (Å²) in [5.74, 6) is 0. The Kier molecular flexibility index (Phi) is 22.1. The Morgan fingerprint density at radius 3 is 0.500 bits per heavy atom. The molecule has 1 aromatic carbocycles. The highest BCUT2D eigenvalue weighted by molar-refractivity contribution is 7.39. The van der Waals surface area contributed by atoms with E-state index in [4.69, 9.17) is 0 Å². The third-order valence-corrected chi connectivity index (χ3v) is 37.8. The van der Waals surface area contributed by atoms with Crippen LogP contribution in [0.5, 0.6) is 0 Å². The number of fused-ring (bicyclic) bond motifs is 5. The Balaban J connectivity index is 0.000000165. The van der Waals surface area contributed by atoms with Gasteiger partial charge in [-0.25, -0.2) is 0 Å². The molecule has 0 spiro atoms. The Labute approximate surface area is 623 Å². The second-order valence-electron chi connectivity index (χ2n) is 36.4. The molecule has 11 rings (SSSR count). The molecule has 0 unspecified atom stereocenters. The highest BCUT2D eigenvalue weighted by Gasteiger charge is 2.34. The average Bonchev–Trinajstić information content (AvgIpc) is 1.59. The molecule has 11 aromatic rings. The van der Waals surface area contributed by atoms with Gasteiger partial charge in [-0.15, -0.1) is 113 Å². The van der Waals surface area contributed by atoms with Gasteiger partial charge in [0, 0.05) is 88.5 Å². The Hall–Kier alpha value is -2.74. The van der Waals surface area contributed by atoms with Crippen molar-refractivity contribution in [1.29, 1.82) is 0 Å². The highest BCUT2D eigenvalue weighted by Crippen LogP contribution is 2.56. The normalized spacial score (nSPS) is 13.2. The summed E-state index contributed by atoms with van der Waals surface area (Å²) in [5, 5.41) is 3.02. The number of benzene rings is 1. The second-order valence-corrected chi connectivity index (χ2v) is 46.6. The summed E-state index contributed by atoms with van der Waals surface area (Å²) in [7, 11) is 0. The smallest absolute Gasteiger partial charge is 0.0635 e. The van der Waals surface area contributed by atoms with Crippen LogP contribution in [-0.2, 0) is 43.3 Å². The maximum Gasteiger partial charge on any atom is 0.0635 e. The van der Waals surface area contributed by atoms with Gasteiger partial charge in [0.05, 0.1) is 18.8 Å². The summed E-state index contributed by atoms with van der Waals surface area (Å²) in [4.78, 5) is 21.2. The molecule has 10 aromatic heterocycles. The van der Waals surface area contributed by atoms with Gasteiger partial charge in [0.15, 0.2) is 0 Å². The van der Waals surface area contributed by atoms with E-state index >= 15 is 0 Å². The third kappa shape index (κ3) is 14.7. The second kappa shape index (κ2) is 26.8. The molecule has 10 heteroatoms. The van der Waals surface area contributed by atoms with E-state index in [2.05, 4.69) is 277 Å². The van der Waals surface area contributed by atoms with Crippen LogP contribution < -0.4 is 0 Å². The fourth-order valence-corrected chi connectivity index (χ4v) is 29.2. The Bertz CT molecular complexity index is 4450. The van der Waals surface area contributed by atoms with Gasteiger partial charge in [0.1, 0.15) is 0 Å². The fraction of sp³-hybridized carbons (Fsp3) is 0.558. The fourth-order valence-electron chi connectivity index (χ4n) is 14.3. The third-order valence-electron chi connectivity index (χ3n) is 19.6. The molecule has 0 fully saturated rings. The van der Waals surface area contributed by atoms with Crippen LogP contribution in [-0.4, -0.2) is 0 Å². The summed E-state index contributed by atoms with van der Waals surface area (Å²) in [6.07, 6.45) is 0. The first-order chi connectivity index (χ1) is 43.4. The molecule has 0 aliphatic rings. The largest absolute Gasteiger partial charge is 0.139 e. The maximum absolute atomic E-state index is 2.33. The van der Waals surface area contributed by atoms with Gasteiger partial charge in [-0.2, -0.15) is 0 Å². The molecule has 0 aliphatic heterocycles. The molecule has 0 radical (unpaired) electrons. The molecule has 0 N–H and O–H groups in total. The molecule has 0 atom stereocenters. The van der Waals surface area contributed by atoms with Crippen LogP contribution in [0.3, 0.4) is 0 Å². The monoisotopic (exact) mass is 1470 g/mol. The summed E-state index contributed by atoms with van der Waals surface area (Å²) in [5.41, 5.74) is 25.4. The van der Waals surface area contributed by atoms with E-state index in [0.717, 1.165) is 0 Å². The van der Waals surface area contributed by atoms with Crippen molar-refractivity contribution in [2.45, 2.75) is 320 Å². The molecule has 0 bridgehead atoms. The number of rotatable bonds is 3. The molecule has 10 heterocycles. The van der Waals surface area contributed by atoms with Gasteiger partial charge < -0.3 is 0 Å². The highest BCUT2D eigenvalue weighted by atomic mass is 32.1. The van der Waals surface area contributed by atoms with Gasteiger partial charge in [-0.3, -0.25) is 0 Å². The summed E-state index contributed by atoms with van der Waals surface area (Å²) < 4.78 is 9.11. The van der Waals surface area contributed by atoms with E-state index in [0.29, 0.717) is 0 Å². The molecule has 96 heavy (non-hydrogen) atoms. The lowest BCUT2D eigenvalue weighted by Crippen LogP contribution is -2.10.